The van der Waals surface area contributed by atoms with Crippen LogP contribution in [0.3, 0.4) is 0 Å². The van der Waals surface area contributed by atoms with Gasteiger partial charge in [0.05, 0.1) is 7.11 Å². The van der Waals surface area contributed by atoms with Gasteiger partial charge in [0, 0.05) is 18.7 Å². The first kappa shape index (κ1) is 9.91. The third-order valence-corrected chi connectivity index (χ3v) is 1.10. The molecule has 0 aromatic rings. The third kappa shape index (κ3) is 4.33. The van der Waals surface area contributed by atoms with Crippen LogP contribution in [0.4, 0.5) is 0 Å². The molecule has 0 atom stereocenters. The number of carbonyl (C=O) groups is 1. The smallest absolute Gasteiger partial charge is 0.334 e. The number of rotatable bonds is 5. The summed E-state index contributed by atoms with van der Waals surface area (Å²) in [5, 5.41) is 2.93. The van der Waals surface area contributed by atoms with E-state index in [2.05, 4.69) is 23.2 Å². The van der Waals surface area contributed by atoms with E-state index in [1.54, 1.807) is 6.08 Å². The van der Waals surface area contributed by atoms with Crippen LogP contribution in [-0.4, -0.2) is 26.2 Å². The normalized spacial score (nSPS) is 8.82. The van der Waals surface area contributed by atoms with Gasteiger partial charge in [-0.15, -0.1) is 6.58 Å². The van der Waals surface area contributed by atoms with Crippen LogP contribution >= 0.6 is 0 Å². The maximum atomic E-state index is 10.7. The largest absolute Gasteiger partial charge is 0.466 e. The molecule has 0 spiro atoms. The van der Waals surface area contributed by atoms with Gasteiger partial charge in [0.1, 0.15) is 0 Å². The second-order valence-electron chi connectivity index (χ2n) is 2.01. The molecule has 0 aliphatic rings. The van der Waals surface area contributed by atoms with E-state index in [1.165, 1.54) is 7.11 Å². The first-order chi connectivity index (χ1) is 5.22. The fourth-order valence-corrected chi connectivity index (χ4v) is 0.542. The van der Waals surface area contributed by atoms with E-state index in [1.807, 2.05) is 0 Å². The zero-order valence-electron chi connectivity index (χ0n) is 6.72. The second-order valence-corrected chi connectivity index (χ2v) is 2.01. The molecular weight excluding hydrogens is 142 g/mol. The summed E-state index contributed by atoms with van der Waals surface area (Å²) in [4.78, 5) is 10.7. The highest BCUT2D eigenvalue weighted by atomic mass is 16.5. The van der Waals surface area contributed by atoms with Crippen molar-refractivity contribution in [3.63, 3.8) is 0 Å². The highest BCUT2D eigenvalue weighted by Crippen LogP contribution is 1.89. The van der Waals surface area contributed by atoms with Crippen molar-refractivity contribution < 1.29 is 9.53 Å². The van der Waals surface area contributed by atoms with Gasteiger partial charge in [0.15, 0.2) is 0 Å². The van der Waals surface area contributed by atoms with Gasteiger partial charge in [0.2, 0.25) is 0 Å². The first-order valence-electron chi connectivity index (χ1n) is 3.30. The van der Waals surface area contributed by atoms with Crippen LogP contribution in [0.15, 0.2) is 24.8 Å². The summed E-state index contributed by atoms with van der Waals surface area (Å²) in [6.07, 6.45) is 1.71. The monoisotopic (exact) mass is 155 g/mol. The van der Waals surface area contributed by atoms with Crippen LogP contribution < -0.4 is 5.32 Å². The van der Waals surface area contributed by atoms with Gasteiger partial charge in [-0.2, -0.15) is 0 Å². The fourth-order valence-electron chi connectivity index (χ4n) is 0.542. The second kappa shape index (κ2) is 5.68. The molecule has 0 unspecified atom stereocenters. The molecular formula is C8H13NO2. The lowest BCUT2D eigenvalue weighted by Gasteiger charge is -2.02. The lowest BCUT2D eigenvalue weighted by Crippen LogP contribution is -2.21. The number of methoxy groups -OCH3 is 1. The molecule has 0 amide bonds. The van der Waals surface area contributed by atoms with E-state index >= 15 is 0 Å². The summed E-state index contributed by atoms with van der Waals surface area (Å²) in [7, 11) is 1.33. The van der Waals surface area contributed by atoms with E-state index < -0.39 is 0 Å². The summed E-state index contributed by atoms with van der Waals surface area (Å²) >= 11 is 0. The van der Waals surface area contributed by atoms with Crippen molar-refractivity contribution in [2.24, 2.45) is 0 Å². The molecule has 0 aromatic carbocycles. The molecule has 3 heteroatoms. The summed E-state index contributed by atoms with van der Waals surface area (Å²) in [6.45, 7) is 8.15. The molecule has 0 aromatic heterocycles. The predicted octanol–water partition coefficient (Wildman–Crippen LogP) is 0.491. The van der Waals surface area contributed by atoms with Crippen molar-refractivity contribution in [2.45, 2.75) is 0 Å². The van der Waals surface area contributed by atoms with Crippen molar-refractivity contribution in [3.05, 3.63) is 24.8 Å². The zero-order chi connectivity index (χ0) is 8.69. The number of esters is 1. The fraction of sp³-hybridized carbons (Fsp3) is 0.375. The molecule has 0 radical (unpaired) electrons. The molecule has 0 bridgehead atoms. The molecule has 1 N–H and O–H groups in total. The Bertz CT molecular complexity index is 163. The number of carbonyl (C=O) groups excluding carboxylic acids is 1. The van der Waals surface area contributed by atoms with Crippen LogP contribution in [0.1, 0.15) is 0 Å². The molecule has 3 nitrogen and oxygen atoms in total. The van der Waals surface area contributed by atoms with Crippen molar-refractivity contribution in [1.82, 2.24) is 5.32 Å². The predicted molar refractivity (Wildman–Crippen MR) is 44.2 cm³/mol. The molecule has 0 fully saturated rings. The summed E-state index contributed by atoms with van der Waals surface area (Å²) in [5.41, 5.74) is 0.425. The first-order valence-corrected chi connectivity index (χ1v) is 3.30. The van der Waals surface area contributed by atoms with Crippen molar-refractivity contribution in [2.75, 3.05) is 20.2 Å². The van der Waals surface area contributed by atoms with Crippen LogP contribution in [0.25, 0.3) is 0 Å². The standard InChI is InChI=1S/C8H13NO2/c1-4-5-9-6-7(2)8(10)11-3/h4,9H,1-2,5-6H2,3H3. The number of ether oxygens (including phenoxy) is 1. The van der Waals surface area contributed by atoms with Gasteiger partial charge in [-0.3, -0.25) is 0 Å². The zero-order valence-corrected chi connectivity index (χ0v) is 6.72. The van der Waals surface area contributed by atoms with Crippen molar-refractivity contribution in [3.8, 4) is 0 Å². The summed E-state index contributed by atoms with van der Waals surface area (Å²) in [6, 6.07) is 0. The SMILES string of the molecule is C=CCNCC(=C)C(=O)OC. The van der Waals surface area contributed by atoms with Crippen molar-refractivity contribution >= 4 is 5.97 Å². The average Bonchev–Trinajstić information content (AvgIpc) is 2.03. The highest BCUT2D eigenvalue weighted by Gasteiger charge is 2.03. The minimum Gasteiger partial charge on any atom is -0.466 e. The quantitative estimate of drug-likeness (QED) is 0.272. The maximum Gasteiger partial charge on any atom is 0.334 e. The van der Waals surface area contributed by atoms with E-state index in [-0.39, 0.29) is 5.97 Å². The molecule has 62 valence electrons. The van der Waals surface area contributed by atoms with Crippen molar-refractivity contribution in [1.29, 1.82) is 0 Å². The lowest BCUT2D eigenvalue weighted by atomic mass is 10.3. The summed E-state index contributed by atoms with van der Waals surface area (Å²) < 4.78 is 4.44. The summed E-state index contributed by atoms with van der Waals surface area (Å²) in [5.74, 6) is -0.374. The van der Waals surface area contributed by atoms with E-state index in [9.17, 15) is 4.79 Å². The van der Waals surface area contributed by atoms with Crippen LogP contribution in [0, 0.1) is 0 Å². The Balaban J connectivity index is 3.52. The molecule has 0 aliphatic heterocycles. The Morgan fingerprint density at radius 3 is 2.82 bits per heavy atom. The number of hydrogen-bond donors (Lipinski definition) is 1. The third-order valence-electron chi connectivity index (χ3n) is 1.10. The Morgan fingerprint density at radius 1 is 1.73 bits per heavy atom. The van der Waals surface area contributed by atoms with Gasteiger partial charge < -0.3 is 10.1 Å². The Kier molecular flexibility index (Phi) is 5.11. The Morgan fingerprint density at radius 2 is 2.36 bits per heavy atom. The van der Waals surface area contributed by atoms with E-state index in [0.717, 1.165) is 0 Å². The average molecular weight is 155 g/mol. The molecule has 0 aliphatic carbocycles. The lowest BCUT2D eigenvalue weighted by molar-refractivity contribution is -0.136. The van der Waals surface area contributed by atoms with Gasteiger partial charge >= 0.3 is 5.97 Å². The molecule has 0 rings (SSSR count). The topological polar surface area (TPSA) is 38.3 Å². The van der Waals surface area contributed by atoms with Gasteiger partial charge in [-0.25, -0.2) is 4.79 Å². The molecule has 0 saturated carbocycles. The highest BCUT2D eigenvalue weighted by molar-refractivity contribution is 5.87. The Hall–Kier alpha value is -1.09. The van der Waals surface area contributed by atoms with Crippen LogP contribution in [0.5, 0.6) is 0 Å². The van der Waals surface area contributed by atoms with Crippen LogP contribution in [-0.2, 0) is 9.53 Å². The minimum atomic E-state index is -0.374. The van der Waals surface area contributed by atoms with Gasteiger partial charge in [0.25, 0.3) is 0 Å². The molecule has 11 heavy (non-hydrogen) atoms. The number of nitrogens with one attached hydrogen (secondary N) is 1. The molecule has 0 heterocycles. The van der Waals surface area contributed by atoms with Crippen LogP contribution in [0.2, 0.25) is 0 Å². The van der Waals surface area contributed by atoms with Gasteiger partial charge in [-0.05, 0) is 0 Å². The Labute approximate surface area is 66.7 Å². The maximum absolute atomic E-state index is 10.7. The van der Waals surface area contributed by atoms with E-state index in [4.69, 9.17) is 0 Å². The van der Waals surface area contributed by atoms with Gasteiger partial charge in [-0.1, -0.05) is 12.7 Å². The molecule has 0 saturated heterocycles. The van der Waals surface area contributed by atoms with E-state index in [0.29, 0.717) is 18.7 Å². The number of hydrogen-bond acceptors (Lipinski definition) is 3. The minimum absolute atomic E-state index is 0.374.